The average Bonchev–Trinajstić information content (AvgIpc) is 2.75. The number of quaternary nitrogens is 1. The monoisotopic (exact) mass is 285 g/mol. The predicted molar refractivity (Wildman–Crippen MR) is 73.3 cm³/mol. The van der Waals surface area contributed by atoms with Gasteiger partial charge in [0.1, 0.15) is 11.5 Å². The van der Waals surface area contributed by atoms with Crippen LogP contribution in [-0.4, -0.2) is 16.1 Å². The number of ketones is 1. The number of Topliss-reactive ketones (excluding diaryl/α,β-unsaturated/α-hetero) is 1. The number of benzene rings is 2. The molecule has 0 saturated heterocycles. The lowest BCUT2D eigenvalue weighted by molar-refractivity contribution is -0.991. The van der Waals surface area contributed by atoms with Gasteiger partial charge >= 0.3 is 0 Å². The first-order valence-electron chi connectivity index (χ1n) is 6.15. The highest BCUT2D eigenvalue weighted by atomic mass is 16.8. The molecule has 0 aliphatic carbocycles. The van der Waals surface area contributed by atoms with Crippen LogP contribution in [0, 0.1) is 5.21 Å². The predicted octanol–water partition coefficient (Wildman–Crippen LogP) is 1.41. The summed E-state index contributed by atoms with van der Waals surface area (Å²) in [5.74, 6) is 0.202. The van der Waals surface area contributed by atoms with Crippen LogP contribution in [0.25, 0.3) is 6.08 Å². The summed E-state index contributed by atoms with van der Waals surface area (Å²) < 4.78 is 5.42. The van der Waals surface area contributed by atoms with Gasteiger partial charge in [0.15, 0.2) is 11.4 Å². The third kappa shape index (κ3) is 2.50. The Labute approximate surface area is 119 Å². The Balaban J connectivity index is 1.90. The third-order valence-corrected chi connectivity index (χ3v) is 3.11. The first-order valence-corrected chi connectivity index (χ1v) is 6.15. The van der Waals surface area contributed by atoms with Crippen molar-refractivity contribution >= 4 is 17.5 Å². The number of hydrogen-bond donors (Lipinski definition) is 3. The molecule has 1 atom stereocenters. The first-order chi connectivity index (χ1) is 10.0. The van der Waals surface area contributed by atoms with Crippen molar-refractivity contribution in [1.29, 1.82) is 0 Å². The number of carbonyl (C=O) groups excluding carboxylic acids is 1. The molecule has 0 saturated carbocycles. The van der Waals surface area contributed by atoms with E-state index in [1.54, 1.807) is 12.1 Å². The molecule has 0 fully saturated rings. The van der Waals surface area contributed by atoms with Gasteiger partial charge in [0.25, 0.3) is 0 Å². The number of allylic oxidation sites excluding steroid dienone is 1. The lowest BCUT2D eigenvalue weighted by Crippen LogP contribution is -2.99. The molecule has 6 nitrogen and oxygen atoms in total. The summed E-state index contributed by atoms with van der Waals surface area (Å²) in [6.07, 6.45) is 1.53. The van der Waals surface area contributed by atoms with E-state index >= 15 is 0 Å². The molecule has 21 heavy (non-hydrogen) atoms. The van der Waals surface area contributed by atoms with Crippen LogP contribution in [-0.2, 0) is 0 Å². The number of aromatic hydroxyl groups is 1. The third-order valence-electron chi connectivity index (χ3n) is 3.11. The fraction of sp³-hybridized carbons (Fsp3) is 0. The molecule has 0 bridgehead atoms. The van der Waals surface area contributed by atoms with E-state index in [2.05, 4.69) is 0 Å². The molecule has 1 aliphatic heterocycles. The van der Waals surface area contributed by atoms with Crippen LogP contribution in [0.3, 0.4) is 0 Å². The fourth-order valence-electron chi connectivity index (χ4n) is 2.05. The van der Waals surface area contributed by atoms with Crippen molar-refractivity contribution in [2.24, 2.45) is 0 Å². The van der Waals surface area contributed by atoms with Gasteiger partial charge < -0.3 is 15.1 Å². The van der Waals surface area contributed by atoms with Gasteiger partial charge in [-0.3, -0.25) is 4.79 Å². The Kier molecular flexibility index (Phi) is 3.19. The van der Waals surface area contributed by atoms with Crippen LogP contribution < -0.4 is 9.96 Å². The van der Waals surface area contributed by atoms with Crippen molar-refractivity contribution in [3.63, 3.8) is 0 Å². The Morgan fingerprint density at radius 3 is 2.52 bits per heavy atom. The zero-order valence-electron chi connectivity index (χ0n) is 10.7. The van der Waals surface area contributed by atoms with Gasteiger partial charge in [0.2, 0.25) is 5.78 Å². The second kappa shape index (κ2) is 5.02. The Morgan fingerprint density at radius 1 is 1.14 bits per heavy atom. The molecule has 0 radical (unpaired) electrons. The molecule has 2 aromatic carbocycles. The van der Waals surface area contributed by atoms with Crippen LogP contribution >= 0.6 is 0 Å². The van der Waals surface area contributed by atoms with Crippen molar-refractivity contribution in [2.75, 3.05) is 0 Å². The zero-order chi connectivity index (χ0) is 15.0. The molecule has 3 N–H and O–H groups in total. The van der Waals surface area contributed by atoms with Crippen LogP contribution in [0.15, 0.2) is 48.2 Å². The Morgan fingerprint density at radius 2 is 1.86 bits per heavy atom. The van der Waals surface area contributed by atoms with Gasteiger partial charge in [-0.15, -0.1) is 0 Å². The van der Waals surface area contributed by atoms with Crippen LogP contribution in [0.2, 0.25) is 0 Å². The number of nitrogens with one attached hydrogen (secondary N) is 1. The molecule has 1 unspecified atom stereocenters. The summed E-state index contributed by atoms with van der Waals surface area (Å²) in [4.78, 5) is 12.1. The number of fused-ring (bicyclic) bond motifs is 1. The molecule has 3 rings (SSSR count). The highest BCUT2D eigenvalue weighted by Crippen LogP contribution is 2.34. The van der Waals surface area contributed by atoms with E-state index in [-0.39, 0.29) is 23.0 Å². The second-order valence-corrected chi connectivity index (χ2v) is 4.55. The first kappa shape index (κ1) is 13.3. The summed E-state index contributed by atoms with van der Waals surface area (Å²) in [5, 5.41) is 28.0. The van der Waals surface area contributed by atoms with Crippen molar-refractivity contribution in [3.8, 4) is 11.5 Å². The second-order valence-electron chi connectivity index (χ2n) is 4.55. The highest BCUT2D eigenvalue weighted by molar-refractivity contribution is 6.14. The van der Waals surface area contributed by atoms with Crippen molar-refractivity contribution in [2.45, 2.75) is 0 Å². The molecule has 2 aromatic rings. The molecule has 0 amide bonds. The van der Waals surface area contributed by atoms with E-state index in [1.165, 1.54) is 36.4 Å². The quantitative estimate of drug-likeness (QED) is 0.573. The highest BCUT2D eigenvalue weighted by Gasteiger charge is 2.27. The van der Waals surface area contributed by atoms with Gasteiger partial charge in [0, 0.05) is 18.2 Å². The standard InChI is InChI=1S/C15H11NO5/c17-11-5-6-12-13(8-11)21-14(15(12)18)7-9-1-3-10(4-2-9)16(19)20/h1-8,16-17,19H/b14-7-. The Bertz CT molecular complexity index is 734. The number of ether oxygens (including phenoxy) is 1. The molecule has 6 heteroatoms. The molecular weight excluding hydrogens is 274 g/mol. The minimum atomic E-state index is -1.01. The van der Waals surface area contributed by atoms with E-state index in [1.807, 2.05) is 0 Å². The maximum Gasteiger partial charge on any atom is 0.231 e. The lowest BCUT2D eigenvalue weighted by atomic mass is 10.1. The summed E-state index contributed by atoms with van der Waals surface area (Å²) in [6, 6.07) is 10.4. The van der Waals surface area contributed by atoms with Gasteiger partial charge in [-0.05, 0) is 35.9 Å². The summed E-state index contributed by atoms with van der Waals surface area (Å²) >= 11 is 0. The molecule has 0 aromatic heterocycles. The smallest absolute Gasteiger partial charge is 0.231 e. The number of carbonyl (C=O) groups is 1. The Hall–Kier alpha value is -2.67. The minimum absolute atomic E-state index is 0.0219. The van der Waals surface area contributed by atoms with E-state index < -0.39 is 5.23 Å². The van der Waals surface area contributed by atoms with Crippen molar-refractivity contribution in [1.82, 2.24) is 0 Å². The largest absolute Gasteiger partial charge is 0.595 e. The lowest BCUT2D eigenvalue weighted by Gasteiger charge is -2.10. The van der Waals surface area contributed by atoms with Crippen LogP contribution in [0.4, 0.5) is 5.69 Å². The molecule has 106 valence electrons. The van der Waals surface area contributed by atoms with E-state index in [0.717, 1.165) is 0 Å². The number of rotatable bonds is 2. The van der Waals surface area contributed by atoms with E-state index in [9.17, 15) is 15.1 Å². The average molecular weight is 285 g/mol. The van der Waals surface area contributed by atoms with Gasteiger partial charge in [-0.2, -0.15) is 5.23 Å². The fourth-order valence-corrected chi connectivity index (χ4v) is 2.05. The van der Waals surface area contributed by atoms with Gasteiger partial charge in [0.05, 0.1) is 5.56 Å². The SMILES string of the molecule is O=C1/C(=C/c2ccc([NH+]([O-])O)cc2)Oc2cc(O)ccc21. The van der Waals surface area contributed by atoms with Crippen molar-refractivity contribution in [3.05, 3.63) is 64.6 Å². The zero-order valence-corrected chi connectivity index (χ0v) is 10.7. The topological polar surface area (TPSA) is 94.3 Å². The molecular formula is C15H11NO5. The van der Waals surface area contributed by atoms with Crippen LogP contribution in [0.5, 0.6) is 11.5 Å². The summed E-state index contributed by atoms with van der Waals surface area (Å²) in [7, 11) is 0. The number of phenolic OH excluding ortho intramolecular Hbond substituents is 1. The maximum absolute atomic E-state index is 12.1. The van der Waals surface area contributed by atoms with E-state index in [0.29, 0.717) is 16.9 Å². The number of hydrogen-bond acceptors (Lipinski definition) is 5. The summed E-state index contributed by atoms with van der Waals surface area (Å²) in [5.41, 5.74) is 1.21. The van der Waals surface area contributed by atoms with Crippen LogP contribution in [0.1, 0.15) is 15.9 Å². The minimum Gasteiger partial charge on any atom is -0.595 e. The normalized spacial score (nSPS) is 16.7. The number of phenols is 1. The van der Waals surface area contributed by atoms with Crippen molar-refractivity contribution < 1.29 is 25.1 Å². The van der Waals surface area contributed by atoms with Gasteiger partial charge in [-0.1, -0.05) is 0 Å². The van der Waals surface area contributed by atoms with Gasteiger partial charge in [-0.25, -0.2) is 5.21 Å². The maximum atomic E-state index is 12.1. The molecule has 0 spiro atoms. The van der Waals surface area contributed by atoms with E-state index in [4.69, 9.17) is 9.94 Å². The summed E-state index contributed by atoms with van der Waals surface area (Å²) in [6.45, 7) is 0. The molecule has 1 heterocycles. The molecule has 1 aliphatic rings.